The van der Waals surface area contributed by atoms with Crippen molar-refractivity contribution in [2.75, 3.05) is 11.1 Å². The number of carbonyl (C=O) groups excluding carboxylic acids is 1. The molecule has 116 valence electrons. The van der Waals surface area contributed by atoms with Crippen LogP contribution in [0.1, 0.15) is 41.8 Å². The first kappa shape index (κ1) is 14.4. The van der Waals surface area contributed by atoms with Gasteiger partial charge in [0.25, 0.3) is 5.91 Å². The molecule has 5 nitrogen and oxygen atoms in total. The van der Waals surface area contributed by atoms with E-state index >= 15 is 0 Å². The monoisotopic (exact) mass is 320 g/mol. The second-order valence-corrected chi connectivity index (χ2v) is 6.54. The Hall–Kier alpha value is -1.51. The number of nitrogens with two attached hydrogens (primary N) is 1. The fourth-order valence-electron chi connectivity index (χ4n) is 2.16. The summed E-state index contributed by atoms with van der Waals surface area (Å²) in [5.41, 5.74) is 3.56. The predicted octanol–water partition coefficient (Wildman–Crippen LogP) is 2.51. The quantitative estimate of drug-likeness (QED) is 0.796. The summed E-state index contributed by atoms with van der Waals surface area (Å²) >= 11 is 0.998. The fourth-order valence-corrected chi connectivity index (χ4v) is 3.02. The summed E-state index contributed by atoms with van der Waals surface area (Å²) in [6.07, 6.45) is -1.42. The molecule has 1 aromatic rings. The molecule has 21 heavy (non-hydrogen) atoms. The van der Waals surface area contributed by atoms with E-state index in [2.05, 4.69) is 15.6 Å². The zero-order valence-electron chi connectivity index (χ0n) is 11.1. The Balaban J connectivity index is 1.70. The second kappa shape index (κ2) is 4.75. The number of amides is 1. The molecule has 0 aromatic carbocycles. The van der Waals surface area contributed by atoms with Crippen molar-refractivity contribution in [2.24, 2.45) is 0 Å². The Kier molecular flexibility index (Phi) is 3.27. The van der Waals surface area contributed by atoms with Gasteiger partial charge in [0, 0.05) is 6.04 Å². The van der Waals surface area contributed by atoms with Crippen molar-refractivity contribution < 1.29 is 18.0 Å². The highest BCUT2D eigenvalue weighted by molar-refractivity contribution is 7.18. The molecular formula is C12H15F3N4OS. The summed E-state index contributed by atoms with van der Waals surface area (Å²) in [6, 6.07) is 0.316. The lowest BCUT2D eigenvalue weighted by molar-refractivity contribution is -0.163. The van der Waals surface area contributed by atoms with Crippen molar-refractivity contribution >= 4 is 28.2 Å². The maximum atomic E-state index is 12.8. The van der Waals surface area contributed by atoms with Crippen LogP contribution in [0.2, 0.25) is 0 Å². The van der Waals surface area contributed by atoms with Gasteiger partial charge in [0.1, 0.15) is 16.2 Å². The van der Waals surface area contributed by atoms with Gasteiger partial charge in [0.2, 0.25) is 0 Å². The predicted molar refractivity (Wildman–Crippen MR) is 73.3 cm³/mol. The van der Waals surface area contributed by atoms with E-state index in [4.69, 9.17) is 5.73 Å². The maximum absolute atomic E-state index is 12.8. The molecule has 2 saturated carbocycles. The number of rotatable bonds is 4. The van der Waals surface area contributed by atoms with E-state index in [1.54, 1.807) is 0 Å². The van der Waals surface area contributed by atoms with Crippen LogP contribution in [0.3, 0.4) is 0 Å². The van der Waals surface area contributed by atoms with Crippen LogP contribution in [0.15, 0.2) is 0 Å². The molecule has 0 atom stereocenters. The molecule has 2 aliphatic rings. The number of halogens is 3. The van der Waals surface area contributed by atoms with Gasteiger partial charge in [-0.3, -0.25) is 4.79 Å². The number of alkyl halides is 3. The van der Waals surface area contributed by atoms with Gasteiger partial charge in [0.15, 0.2) is 5.13 Å². The van der Waals surface area contributed by atoms with Crippen molar-refractivity contribution in [3.63, 3.8) is 0 Å². The van der Waals surface area contributed by atoms with E-state index in [9.17, 15) is 18.0 Å². The van der Waals surface area contributed by atoms with Crippen LogP contribution in [0.5, 0.6) is 0 Å². The number of nitrogens with zero attached hydrogens (tertiary/aromatic N) is 1. The number of thiazole rings is 1. The number of hydrogen-bond donors (Lipinski definition) is 3. The largest absolute Gasteiger partial charge is 0.411 e. The normalized spacial score (nSPS) is 20.7. The summed E-state index contributed by atoms with van der Waals surface area (Å²) in [6.45, 7) is 0. The molecule has 0 aliphatic heterocycles. The van der Waals surface area contributed by atoms with Crippen molar-refractivity contribution in [3.05, 3.63) is 4.88 Å². The molecule has 1 amide bonds. The third kappa shape index (κ3) is 2.66. The third-order valence-electron chi connectivity index (χ3n) is 3.94. The van der Waals surface area contributed by atoms with E-state index in [0.29, 0.717) is 11.2 Å². The number of nitrogen functional groups attached to an aromatic ring is 1. The minimum absolute atomic E-state index is 0.0303. The number of aromatic nitrogens is 1. The van der Waals surface area contributed by atoms with Crippen molar-refractivity contribution in [3.8, 4) is 0 Å². The summed E-state index contributed by atoms with van der Waals surface area (Å²) in [7, 11) is 0. The Labute approximate surface area is 123 Å². The SMILES string of the molecule is Nc1nc(NC2CCC2)sc1C(=O)NC1(C(F)(F)F)CC1. The van der Waals surface area contributed by atoms with Crippen LogP contribution < -0.4 is 16.4 Å². The molecule has 4 N–H and O–H groups in total. The summed E-state index contributed by atoms with van der Waals surface area (Å²) in [5.74, 6) is -0.834. The van der Waals surface area contributed by atoms with Crippen molar-refractivity contribution in [1.29, 1.82) is 0 Å². The average Bonchev–Trinajstić information content (AvgIpc) is 3.01. The summed E-state index contributed by atoms with van der Waals surface area (Å²) in [5, 5.41) is 5.67. The van der Waals surface area contributed by atoms with Crippen LogP contribution in [0.25, 0.3) is 0 Å². The van der Waals surface area contributed by atoms with E-state index < -0.39 is 17.6 Å². The first-order chi connectivity index (χ1) is 9.81. The molecular weight excluding hydrogens is 305 g/mol. The van der Waals surface area contributed by atoms with E-state index in [0.717, 1.165) is 30.6 Å². The molecule has 0 spiro atoms. The Morgan fingerprint density at radius 1 is 1.38 bits per heavy atom. The standard InChI is InChI=1S/C12H15F3N4OS/c13-12(14,15)11(4-5-11)19-9(20)7-8(16)18-10(21-7)17-6-2-1-3-6/h6H,1-5,16H2,(H,17,18)(H,19,20). The zero-order chi connectivity index (χ0) is 15.3. The fraction of sp³-hybridized carbons (Fsp3) is 0.667. The van der Waals surface area contributed by atoms with Gasteiger partial charge in [0.05, 0.1) is 0 Å². The van der Waals surface area contributed by atoms with Crippen LogP contribution in [-0.4, -0.2) is 28.6 Å². The lowest BCUT2D eigenvalue weighted by Crippen LogP contribution is -2.47. The highest BCUT2D eigenvalue weighted by Crippen LogP contribution is 2.49. The first-order valence-corrected chi connectivity index (χ1v) is 7.54. The molecule has 2 fully saturated rings. The maximum Gasteiger partial charge on any atom is 0.411 e. The smallest absolute Gasteiger partial charge is 0.382 e. The number of hydrogen-bond acceptors (Lipinski definition) is 5. The Morgan fingerprint density at radius 2 is 2.05 bits per heavy atom. The third-order valence-corrected chi connectivity index (χ3v) is 4.94. The number of nitrogens with one attached hydrogen (secondary N) is 2. The molecule has 9 heteroatoms. The molecule has 2 aliphatic carbocycles. The van der Waals surface area contributed by atoms with E-state index in [1.807, 2.05) is 0 Å². The van der Waals surface area contributed by atoms with Crippen LogP contribution in [0.4, 0.5) is 24.1 Å². The van der Waals surface area contributed by atoms with Gasteiger partial charge in [-0.1, -0.05) is 11.3 Å². The van der Waals surface area contributed by atoms with Crippen molar-refractivity contribution in [1.82, 2.24) is 10.3 Å². The molecule has 3 rings (SSSR count). The van der Waals surface area contributed by atoms with Gasteiger partial charge in [-0.2, -0.15) is 13.2 Å². The van der Waals surface area contributed by atoms with Crippen LogP contribution >= 0.6 is 11.3 Å². The zero-order valence-corrected chi connectivity index (χ0v) is 11.9. The van der Waals surface area contributed by atoms with Gasteiger partial charge < -0.3 is 16.4 Å². The van der Waals surface area contributed by atoms with Gasteiger partial charge in [-0.15, -0.1) is 0 Å². The minimum Gasteiger partial charge on any atom is -0.382 e. The summed E-state index contributed by atoms with van der Waals surface area (Å²) < 4.78 is 38.5. The Morgan fingerprint density at radius 3 is 2.52 bits per heavy atom. The van der Waals surface area contributed by atoms with Gasteiger partial charge in [-0.05, 0) is 32.1 Å². The lowest BCUT2D eigenvalue weighted by atomic mass is 9.93. The van der Waals surface area contributed by atoms with Crippen LogP contribution in [0, 0.1) is 0 Å². The first-order valence-electron chi connectivity index (χ1n) is 6.73. The molecule has 0 saturated heterocycles. The van der Waals surface area contributed by atoms with Gasteiger partial charge in [-0.25, -0.2) is 4.98 Å². The highest BCUT2D eigenvalue weighted by atomic mass is 32.1. The summed E-state index contributed by atoms with van der Waals surface area (Å²) in [4.78, 5) is 16.0. The van der Waals surface area contributed by atoms with E-state index in [1.165, 1.54) is 0 Å². The molecule has 0 radical (unpaired) electrons. The van der Waals surface area contributed by atoms with Gasteiger partial charge >= 0.3 is 6.18 Å². The molecule has 0 unspecified atom stereocenters. The molecule has 1 heterocycles. The Bertz CT molecular complexity index is 563. The van der Waals surface area contributed by atoms with E-state index in [-0.39, 0.29) is 23.5 Å². The second-order valence-electron chi connectivity index (χ2n) is 5.54. The molecule has 0 bridgehead atoms. The minimum atomic E-state index is -4.44. The lowest BCUT2D eigenvalue weighted by Gasteiger charge is -2.25. The van der Waals surface area contributed by atoms with Crippen LogP contribution in [-0.2, 0) is 0 Å². The number of anilines is 2. The van der Waals surface area contributed by atoms with Crippen molar-refractivity contribution in [2.45, 2.75) is 49.9 Å². The molecule has 1 aromatic heterocycles. The number of carbonyl (C=O) groups is 1. The average molecular weight is 320 g/mol. The topological polar surface area (TPSA) is 80.0 Å². The highest BCUT2D eigenvalue weighted by Gasteiger charge is 2.64.